The van der Waals surface area contributed by atoms with Crippen LogP contribution in [0.4, 0.5) is 5.82 Å². The Morgan fingerprint density at radius 2 is 2.17 bits per heavy atom. The minimum Gasteiger partial charge on any atom is -0.423 e. The molecule has 0 spiro atoms. The Hall–Kier alpha value is -1.43. The summed E-state index contributed by atoms with van der Waals surface area (Å²) in [5.74, 6) is 0.0744. The number of hydrogen-bond acceptors (Lipinski definition) is 8. The summed E-state index contributed by atoms with van der Waals surface area (Å²) in [6.07, 6.45) is -0.291. The predicted molar refractivity (Wildman–Crippen MR) is 83.0 cm³/mol. The van der Waals surface area contributed by atoms with E-state index in [-0.39, 0.29) is 22.3 Å². The summed E-state index contributed by atoms with van der Waals surface area (Å²) in [5, 5.41) is 38.9. The molecule has 9 nitrogen and oxygen atoms in total. The zero-order chi connectivity index (χ0) is 16.9. The van der Waals surface area contributed by atoms with E-state index in [1.807, 2.05) is 0 Å². The first kappa shape index (κ1) is 16.4. The van der Waals surface area contributed by atoms with Gasteiger partial charge in [0.2, 0.25) is 0 Å². The number of halogens is 1. The van der Waals surface area contributed by atoms with E-state index < -0.39 is 37.0 Å². The summed E-state index contributed by atoms with van der Waals surface area (Å²) in [5.41, 5.74) is 6.18. The average molecular weight is 343 g/mol. The van der Waals surface area contributed by atoms with Crippen molar-refractivity contribution in [2.45, 2.75) is 30.2 Å². The van der Waals surface area contributed by atoms with Crippen LogP contribution in [0.2, 0.25) is 0 Å². The largest absolute Gasteiger partial charge is 0.490 e. The van der Waals surface area contributed by atoms with Crippen molar-refractivity contribution < 1.29 is 25.0 Å². The molecule has 2 aromatic heterocycles. The number of rotatable bonds is 3. The highest BCUT2D eigenvalue weighted by atomic mass is 35.5. The molecule has 3 rings (SSSR count). The quantitative estimate of drug-likeness (QED) is 0.316. The fraction of sp³-hybridized carbons (Fsp3) is 0.500. The molecule has 0 aromatic carbocycles. The second kappa shape index (κ2) is 5.58. The van der Waals surface area contributed by atoms with E-state index in [0.717, 1.165) is 0 Å². The smallest absolute Gasteiger partial charge is 0.423 e. The van der Waals surface area contributed by atoms with Crippen molar-refractivity contribution in [3.8, 4) is 0 Å². The second-order valence-corrected chi connectivity index (χ2v) is 6.44. The Balaban J connectivity index is 2.19. The van der Waals surface area contributed by atoms with E-state index in [1.165, 1.54) is 17.1 Å². The number of aliphatic hydroxyl groups is 2. The summed E-state index contributed by atoms with van der Waals surface area (Å²) in [6.45, 7) is 1.15. The third-order valence-electron chi connectivity index (χ3n) is 4.10. The SMILES string of the molecule is C[C@@]1(Cl)C(O)C(CO)O[C@H]1n1cc(B(O)O)c2c(N)ncnc21. The van der Waals surface area contributed by atoms with Gasteiger partial charge in [0.25, 0.3) is 0 Å². The van der Waals surface area contributed by atoms with Crippen molar-refractivity contribution in [1.29, 1.82) is 0 Å². The van der Waals surface area contributed by atoms with Crippen LogP contribution in [0, 0.1) is 0 Å². The molecule has 1 saturated heterocycles. The first-order chi connectivity index (χ1) is 10.8. The van der Waals surface area contributed by atoms with E-state index in [0.29, 0.717) is 0 Å². The number of hydrogen-bond donors (Lipinski definition) is 5. The molecule has 3 heterocycles. The number of fused-ring (bicyclic) bond motifs is 1. The summed E-state index contributed by atoms with van der Waals surface area (Å²) in [7, 11) is -1.80. The Kier molecular flexibility index (Phi) is 3.99. The maximum absolute atomic E-state index is 10.2. The van der Waals surface area contributed by atoms with Crippen molar-refractivity contribution in [1.82, 2.24) is 14.5 Å². The van der Waals surface area contributed by atoms with Gasteiger partial charge < -0.3 is 35.3 Å². The number of nitrogens with zero attached hydrogens (tertiary/aromatic N) is 3. The minimum atomic E-state index is -1.80. The molecular weight excluding hydrogens is 326 g/mol. The van der Waals surface area contributed by atoms with E-state index in [9.17, 15) is 20.3 Å². The molecule has 0 bridgehead atoms. The van der Waals surface area contributed by atoms with E-state index in [1.54, 1.807) is 6.92 Å². The monoisotopic (exact) mass is 342 g/mol. The van der Waals surface area contributed by atoms with Crippen molar-refractivity contribution in [2.24, 2.45) is 0 Å². The third-order valence-corrected chi connectivity index (χ3v) is 4.51. The zero-order valence-electron chi connectivity index (χ0n) is 12.2. The number of nitrogens with two attached hydrogens (primary N) is 1. The van der Waals surface area contributed by atoms with Crippen LogP contribution in [-0.2, 0) is 4.74 Å². The van der Waals surface area contributed by atoms with Gasteiger partial charge in [-0.15, -0.1) is 11.6 Å². The Bertz CT molecular complexity index is 740. The van der Waals surface area contributed by atoms with Crippen LogP contribution in [0.15, 0.2) is 12.5 Å². The highest BCUT2D eigenvalue weighted by molar-refractivity contribution is 6.62. The molecule has 0 saturated carbocycles. The molecule has 2 aromatic rings. The maximum Gasteiger partial charge on any atom is 0.490 e. The van der Waals surface area contributed by atoms with Gasteiger partial charge in [0, 0.05) is 11.7 Å². The summed E-state index contributed by atoms with van der Waals surface area (Å²) >= 11 is 6.41. The summed E-state index contributed by atoms with van der Waals surface area (Å²) in [6, 6.07) is 0. The van der Waals surface area contributed by atoms with E-state index in [4.69, 9.17) is 22.1 Å². The van der Waals surface area contributed by atoms with Gasteiger partial charge in [-0.3, -0.25) is 0 Å². The summed E-state index contributed by atoms with van der Waals surface area (Å²) < 4.78 is 7.08. The lowest BCUT2D eigenvalue weighted by atomic mass is 9.80. The van der Waals surface area contributed by atoms with Crippen molar-refractivity contribution in [2.75, 3.05) is 12.3 Å². The van der Waals surface area contributed by atoms with Crippen LogP contribution in [0.25, 0.3) is 11.0 Å². The average Bonchev–Trinajstić information content (AvgIpc) is 2.97. The highest BCUT2D eigenvalue weighted by Gasteiger charge is 2.53. The second-order valence-electron chi connectivity index (χ2n) is 5.63. The molecule has 0 radical (unpaired) electrons. The maximum atomic E-state index is 10.2. The van der Waals surface area contributed by atoms with Crippen LogP contribution < -0.4 is 11.2 Å². The number of anilines is 1. The highest BCUT2D eigenvalue weighted by Crippen LogP contribution is 2.44. The number of aliphatic hydroxyl groups excluding tert-OH is 2. The molecule has 0 amide bonds. The van der Waals surface area contributed by atoms with Crippen molar-refractivity contribution in [3.05, 3.63) is 12.5 Å². The van der Waals surface area contributed by atoms with Gasteiger partial charge in [0.15, 0.2) is 6.23 Å². The standard InChI is InChI=1S/C12H16BClN4O5/c1-12(14)8(20)6(3-19)23-11(12)18-2-5(13(21)22)7-9(15)16-4-17-10(7)18/h2,4,6,8,11,19-22H,3H2,1H3,(H2,15,16,17)/t6?,8?,11-,12-/m1/s1. The minimum absolute atomic E-state index is 0.0744. The molecule has 6 N–H and O–H groups in total. The lowest BCUT2D eigenvalue weighted by molar-refractivity contribution is -0.0439. The van der Waals surface area contributed by atoms with Crippen LogP contribution in [0.1, 0.15) is 13.2 Å². The number of aromatic nitrogens is 3. The van der Waals surface area contributed by atoms with Gasteiger partial charge in [-0.1, -0.05) is 0 Å². The van der Waals surface area contributed by atoms with Gasteiger partial charge in [-0.2, -0.15) is 0 Å². The van der Waals surface area contributed by atoms with Crippen molar-refractivity contribution >= 4 is 41.0 Å². The van der Waals surface area contributed by atoms with Crippen molar-refractivity contribution in [3.63, 3.8) is 0 Å². The number of alkyl halides is 1. The molecule has 23 heavy (non-hydrogen) atoms. The molecule has 2 unspecified atom stereocenters. The molecular formula is C12H16BClN4O5. The van der Waals surface area contributed by atoms with Gasteiger partial charge in [-0.05, 0) is 6.92 Å². The molecule has 1 aliphatic rings. The Morgan fingerprint density at radius 1 is 1.48 bits per heavy atom. The topological polar surface area (TPSA) is 147 Å². The molecule has 1 aliphatic heterocycles. The predicted octanol–water partition coefficient (Wildman–Crippen LogP) is -2.06. The molecule has 4 atom stereocenters. The lowest BCUT2D eigenvalue weighted by Crippen LogP contribution is -2.39. The van der Waals surface area contributed by atoms with Crippen LogP contribution in [-0.4, -0.2) is 65.6 Å². The molecule has 1 fully saturated rings. The number of nitrogen functional groups attached to an aromatic ring is 1. The summed E-state index contributed by atoms with van der Waals surface area (Å²) in [4.78, 5) is 6.67. The zero-order valence-corrected chi connectivity index (χ0v) is 12.9. The van der Waals surface area contributed by atoms with Gasteiger partial charge in [0.05, 0.1) is 12.0 Å². The first-order valence-electron chi connectivity index (χ1n) is 6.89. The third kappa shape index (κ3) is 2.38. The van der Waals surface area contributed by atoms with Gasteiger partial charge in [0.1, 0.15) is 34.9 Å². The lowest BCUT2D eigenvalue weighted by Gasteiger charge is -2.26. The fourth-order valence-electron chi connectivity index (χ4n) is 2.88. The van der Waals surface area contributed by atoms with Gasteiger partial charge in [-0.25, -0.2) is 9.97 Å². The normalized spacial score (nSPS) is 31.0. The Morgan fingerprint density at radius 3 is 2.74 bits per heavy atom. The Labute approximate surface area is 136 Å². The van der Waals surface area contributed by atoms with Crippen LogP contribution in [0.5, 0.6) is 0 Å². The van der Waals surface area contributed by atoms with E-state index in [2.05, 4.69) is 9.97 Å². The van der Waals surface area contributed by atoms with Gasteiger partial charge >= 0.3 is 7.12 Å². The molecule has 11 heteroatoms. The van der Waals surface area contributed by atoms with Crippen LogP contribution >= 0.6 is 11.6 Å². The van der Waals surface area contributed by atoms with Crippen LogP contribution in [0.3, 0.4) is 0 Å². The van der Waals surface area contributed by atoms with E-state index >= 15 is 0 Å². The fourth-order valence-corrected chi connectivity index (χ4v) is 3.17. The first-order valence-corrected chi connectivity index (χ1v) is 7.27. The molecule has 124 valence electrons. The molecule has 0 aliphatic carbocycles. The number of ether oxygens (including phenoxy) is 1.